The number of hydrogen-bond acceptors (Lipinski definition) is 3. The highest BCUT2D eigenvalue weighted by atomic mass is 16.5. The Labute approximate surface area is 143 Å². The standard InChI is InChI=1S/C18H27N3O3/c1-12(2)21(13(3)4)18(23)19-14-10-17(22)20(11-14)15-6-8-16(24-5)9-7-15/h6-9,12-14H,10-11H2,1-5H3,(H,19,23)/t14-/m1/s1. The first-order chi connectivity index (χ1) is 11.3. The zero-order valence-corrected chi connectivity index (χ0v) is 15.1. The van der Waals surface area contributed by atoms with Crippen LogP contribution in [-0.4, -0.2) is 48.6 Å². The summed E-state index contributed by atoms with van der Waals surface area (Å²) in [6, 6.07) is 7.30. The fourth-order valence-electron chi connectivity index (χ4n) is 3.13. The van der Waals surface area contributed by atoms with Gasteiger partial charge in [0.25, 0.3) is 0 Å². The van der Waals surface area contributed by atoms with Crippen LogP contribution in [0.4, 0.5) is 10.5 Å². The number of nitrogens with zero attached hydrogens (tertiary/aromatic N) is 2. The zero-order valence-electron chi connectivity index (χ0n) is 15.1. The highest BCUT2D eigenvalue weighted by Crippen LogP contribution is 2.24. The van der Waals surface area contributed by atoms with Gasteiger partial charge in [0.05, 0.1) is 13.2 Å². The van der Waals surface area contributed by atoms with Crippen molar-refractivity contribution in [3.8, 4) is 5.75 Å². The van der Waals surface area contributed by atoms with E-state index in [2.05, 4.69) is 5.32 Å². The van der Waals surface area contributed by atoms with Crippen LogP contribution in [0.1, 0.15) is 34.1 Å². The van der Waals surface area contributed by atoms with E-state index in [1.165, 1.54) is 0 Å². The number of urea groups is 1. The van der Waals surface area contributed by atoms with Crippen molar-refractivity contribution in [3.63, 3.8) is 0 Å². The Morgan fingerprint density at radius 2 is 1.79 bits per heavy atom. The Kier molecular flexibility index (Phi) is 5.70. The van der Waals surface area contributed by atoms with Crippen molar-refractivity contribution in [2.45, 2.75) is 52.2 Å². The van der Waals surface area contributed by atoms with E-state index in [0.29, 0.717) is 13.0 Å². The van der Waals surface area contributed by atoms with E-state index >= 15 is 0 Å². The van der Waals surface area contributed by atoms with Gasteiger partial charge in [0.1, 0.15) is 5.75 Å². The van der Waals surface area contributed by atoms with E-state index < -0.39 is 0 Å². The van der Waals surface area contributed by atoms with Gasteiger partial charge in [-0.1, -0.05) is 0 Å². The van der Waals surface area contributed by atoms with Crippen molar-refractivity contribution < 1.29 is 14.3 Å². The maximum atomic E-state index is 12.5. The normalized spacial score (nSPS) is 17.5. The molecule has 1 atom stereocenters. The second-order valence-corrected chi connectivity index (χ2v) is 6.65. The van der Waals surface area contributed by atoms with Crippen LogP contribution in [0.2, 0.25) is 0 Å². The number of carbonyl (C=O) groups excluding carboxylic acids is 2. The summed E-state index contributed by atoms with van der Waals surface area (Å²) in [5.41, 5.74) is 0.821. The molecule has 0 aromatic heterocycles. The summed E-state index contributed by atoms with van der Waals surface area (Å²) in [6.45, 7) is 8.44. The highest BCUT2D eigenvalue weighted by molar-refractivity contribution is 5.96. The summed E-state index contributed by atoms with van der Waals surface area (Å²) < 4.78 is 5.14. The molecule has 2 rings (SSSR count). The molecule has 0 spiro atoms. The van der Waals surface area contributed by atoms with Crippen molar-refractivity contribution >= 4 is 17.6 Å². The number of ether oxygens (including phenoxy) is 1. The molecule has 1 saturated heterocycles. The number of hydrogen-bond donors (Lipinski definition) is 1. The molecule has 3 amide bonds. The van der Waals surface area contributed by atoms with E-state index in [1.54, 1.807) is 16.9 Å². The zero-order chi connectivity index (χ0) is 17.9. The lowest BCUT2D eigenvalue weighted by Crippen LogP contribution is -2.51. The molecule has 0 radical (unpaired) electrons. The molecular weight excluding hydrogens is 306 g/mol. The SMILES string of the molecule is COc1ccc(N2C[C@H](NC(=O)N(C(C)C)C(C)C)CC2=O)cc1. The molecule has 1 aliphatic rings. The third-order valence-electron chi connectivity index (χ3n) is 4.18. The van der Waals surface area contributed by atoms with Gasteiger partial charge in [0.15, 0.2) is 0 Å². The predicted octanol–water partition coefficient (Wildman–Crippen LogP) is 2.63. The Bertz CT molecular complexity index is 576. The third-order valence-corrected chi connectivity index (χ3v) is 4.18. The first-order valence-corrected chi connectivity index (χ1v) is 8.36. The van der Waals surface area contributed by atoms with Gasteiger partial charge in [-0.05, 0) is 52.0 Å². The molecule has 1 aromatic rings. The fraction of sp³-hybridized carbons (Fsp3) is 0.556. The van der Waals surface area contributed by atoms with E-state index in [-0.39, 0.29) is 30.1 Å². The van der Waals surface area contributed by atoms with Gasteiger partial charge in [-0.3, -0.25) is 4.79 Å². The first kappa shape index (κ1) is 18.1. The van der Waals surface area contributed by atoms with Gasteiger partial charge >= 0.3 is 6.03 Å². The molecule has 1 N–H and O–H groups in total. The second kappa shape index (κ2) is 7.55. The van der Waals surface area contributed by atoms with Crippen molar-refractivity contribution in [2.75, 3.05) is 18.6 Å². The van der Waals surface area contributed by atoms with E-state index in [4.69, 9.17) is 4.74 Å². The minimum absolute atomic E-state index is 0.0195. The van der Waals surface area contributed by atoms with Gasteiger partial charge in [0.2, 0.25) is 5.91 Å². The van der Waals surface area contributed by atoms with Gasteiger partial charge < -0.3 is 19.9 Å². The fourth-order valence-corrected chi connectivity index (χ4v) is 3.13. The predicted molar refractivity (Wildman–Crippen MR) is 94.4 cm³/mol. The number of nitrogens with one attached hydrogen (secondary N) is 1. The number of carbonyl (C=O) groups is 2. The first-order valence-electron chi connectivity index (χ1n) is 8.36. The Balaban J connectivity index is 2.02. The van der Waals surface area contributed by atoms with E-state index in [0.717, 1.165) is 11.4 Å². The molecule has 0 bridgehead atoms. The van der Waals surface area contributed by atoms with Gasteiger partial charge in [0, 0.05) is 30.7 Å². The van der Waals surface area contributed by atoms with Gasteiger partial charge in [-0.15, -0.1) is 0 Å². The molecule has 1 fully saturated rings. The van der Waals surface area contributed by atoms with Crippen LogP contribution < -0.4 is 15.0 Å². The maximum absolute atomic E-state index is 12.5. The Morgan fingerprint density at radius 1 is 1.21 bits per heavy atom. The molecule has 0 unspecified atom stereocenters. The summed E-state index contributed by atoms with van der Waals surface area (Å²) in [5.74, 6) is 0.769. The van der Waals surface area contributed by atoms with Crippen LogP contribution >= 0.6 is 0 Å². The molecule has 1 aromatic carbocycles. The largest absolute Gasteiger partial charge is 0.497 e. The molecule has 6 heteroatoms. The lowest BCUT2D eigenvalue weighted by molar-refractivity contribution is -0.117. The molecule has 132 valence electrons. The summed E-state index contributed by atoms with van der Waals surface area (Å²) in [6.07, 6.45) is 0.321. The van der Waals surface area contributed by atoms with Crippen LogP contribution in [0.25, 0.3) is 0 Å². The molecule has 0 aliphatic carbocycles. The van der Waals surface area contributed by atoms with Crippen molar-refractivity contribution in [2.24, 2.45) is 0 Å². The van der Waals surface area contributed by atoms with Crippen LogP contribution in [0.5, 0.6) is 5.75 Å². The minimum Gasteiger partial charge on any atom is -0.497 e. The Hall–Kier alpha value is -2.24. The second-order valence-electron chi connectivity index (χ2n) is 6.65. The van der Waals surface area contributed by atoms with Gasteiger partial charge in [-0.25, -0.2) is 4.79 Å². The number of anilines is 1. The summed E-state index contributed by atoms with van der Waals surface area (Å²) in [5, 5.41) is 2.99. The van der Waals surface area contributed by atoms with Crippen molar-refractivity contribution in [1.82, 2.24) is 10.2 Å². The minimum atomic E-state index is -0.174. The highest BCUT2D eigenvalue weighted by Gasteiger charge is 2.33. The van der Waals surface area contributed by atoms with Crippen molar-refractivity contribution in [3.05, 3.63) is 24.3 Å². The number of benzene rings is 1. The monoisotopic (exact) mass is 333 g/mol. The molecule has 1 heterocycles. The lowest BCUT2D eigenvalue weighted by atomic mass is 10.2. The maximum Gasteiger partial charge on any atom is 0.318 e. The summed E-state index contributed by atoms with van der Waals surface area (Å²) >= 11 is 0. The van der Waals surface area contributed by atoms with Crippen molar-refractivity contribution in [1.29, 1.82) is 0 Å². The molecular formula is C18H27N3O3. The molecule has 0 saturated carbocycles. The smallest absolute Gasteiger partial charge is 0.318 e. The summed E-state index contributed by atoms with van der Waals surface area (Å²) in [7, 11) is 1.61. The summed E-state index contributed by atoms with van der Waals surface area (Å²) in [4.78, 5) is 28.3. The van der Waals surface area contributed by atoms with E-state index in [1.807, 2.05) is 52.0 Å². The number of amides is 3. The topological polar surface area (TPSA) is 61.9 Å². The molecule has 24 heavy (non-hydrogen) atoms. The van der Waals surface area contributed by atoms with Crippen LogP contribution in [0.3, 0.4) is 0 Å². The Morgan fingerprint density at radius 3 is 2.29 bits per heavy atom. The molecule has 6 nitrogen and oxygen atoms in total. The quantitative estimate of drug-likeness (QED) is 0.901. The third kappa shape index (κ3) is 3.99. The van der Waals surface area contributed by atoms with Crippen LogP contribution in [0.15, 0.2) is 24.3 Å². The van der Waals surface area contributed by atoms with Crippen LogP contribution in [0, 0.1) is 0 Å². The van der Waals surface area contributed by atoms with Crippen LogP contribution in [-0.2, 0) is 4.79 Å². The van der Waals surface area contributed by atoms with Gasteiger partial charge in [-0.2, -0.15) is 0 Å². The average molecular weight is 333 g/mol. The average Bonchev–Trinajstić information content (AvgIpc) is 2.87. The number of rotatable bonds is 5. The molecule has 1 aliphatic heterocycles. The number of methoxy groups -OCH3 is 1. The lowest BCUT2D eigenvalue weighted by Gasteiger charge is -2.32. The van der Waals surface area contributed by atoms with E-state index in [9.17, 15) is 9.59 Å².